The second-order valence-electron chi connectivity index (χ2n) is 5.70. The van der Waals surface area contributed by atoms with Crippen LogP contribution in [0.5, 0.6) is 5.75 Å². The quantitative estimate of drug-likeness (QED) is 0.443. The van der Waals surface area contributed by atoms with Crippen molar-refractivity contribution in [1.29, 1.82) is 0 Å². The number of halogens is 4. The Bertz CT molecular complexity index is 1080. The molecule has 0 amide bonds. The Balaban J connectivity index is 2.28. The predicted molar refractivity (Wildman–Crippen MR) is 97.3 cm³/mol. The van der Waals surface area contributed by atoms with E-state index in [2.05, 4.69) is 9.97 Å². The standard InChI is InChI=1S/C17H12ClF3N4O3/c1-24(13-6-4-10(28-2)8-14(13)25(26)27)15-11-7-9(18)3-5-12(11)22-16(23-15)17(19,20)21/h3-8H,1-2H3. The van der Waals surface area contributed by atoms with Crippen molar-refractivity contribution in [2.75, 3.05) is 19.1 Å². The summed E-state index contributed by atoms with van der Waals surface area (Å²) in [6.45, 7) is 0. The molecule has 0 N–H and O–H groups in total. The third-order valence-corrected chi connectivity index (χ3v) is 4.18. The van der Waals surface area contributed by atoms with E-state index in [1.807, 2.05) is 0 Å². The van der Waals surface area contributed by atoms with Crippen molar-refractivity contribution in [2.45, 2.75) is 6.18 Å². The van der Waals surface area contributed by atoms with Gasteiger partial charge >= 0.3 is 6.18 Å². The highest BCUT2D eigenvalue weighted by Gasteiger charge is 2.36. The summed E-state index contributed by atoms with van der Waals surface area (Å²) >= 11 is 5.97. The zero-order valence-electron chi connectivity index (χ0n) is 14.5. The lowest BCUT2D eigenvalue weighted by molar-refractivity contribution is -0.384. The average Bonchev–Trinajstić information content (AvgIpc) is 2.65. The van der Waals surface area contributed by atoms with Gasteiger partial charge in [0.15, 0.2) is 0 Å². The molecule has 3 rings (SSSR count). The first kappa shape index (κ1) is 19.6. The first-order valence-corrected chi connectivity index (χ1v) is 8.10. The number of rotatable bonds is 4. The van der Waals surface area contributed by atoms with Gasteiger partial charge in [0.1, 0.15) is 17.3 Å². The van der Waals surface area contributed by atoms with Gasteiger partial charge in [-0.1, -0.05) is 11.6 Å². The van der Waals surface area contributed by atoms with Gasteiger partial charge in [-0.2, -0.15) is 13.2 Å². The summed E-state index contributed by atoms with van der Waals surface area (Å²) in [5.74, 6) is -1.30. The van der Waals surface area contributed by atoms with Gasteiger partial charge in [-0.15, -0.1) is 0 Å². The molecule has 0 radical (unpaired) electrons. The van der Waals surface area contributed by atoms with E-state index < -0.39 is 16.9 Å². The molecule has 0 spiro atoms. The first-order chi connectivity index (χ1) is 13.1. The molecular formula is C17H12ClF3N4O3. The lowest BCUT2D eigenvalue weighted by atomic mass is 10.2. The highest BCUT2D eigenvalue weighted by atomic mass is 35.5. The molecule has 0 saturated heterocycles. The number of aromatic nitrogens is 2. The molecule has 146 valence electrons. The van der Waals surface area contributed by atoms with Crippen LogP contribution >= 0.6 is 11.6 Å². The fraction of sp³-hybridized carbons (Fsp3) is 0.176. The summed E-state index contributed by atoms with van der Waals surface area (Å²) in [5.41, 5.74) is -0.326. The number of hydrogen-bond acceptors (Lipinski definition) is 6. The molecule has 11 heteroatoms. The molecule has 0 fully saturated rings. The Hall–Kier alpha value is -3.14. The van der Waals surface area contributed by atoms with E-state index in [1.165, 1.54) is 55.5 Å². The van der Waals surface area contributed by atoms with Gasteiger partial charge in [0.25, 0.3) is 5.69 Å². The number of alkyl halides is 3. The fourth-order valence-corrected chi connectivity index (χ4v) is 2.81. The van der Waals surface area contributed by atoms with E-state index in [1.54, 1.807) is 0 Å². The maximum atomic E-state index is 13.3. The van der Waals surface area contributed by atoms with E-state index in [0.29, 0.717) is 0 Å². The number of nitro groups is 1. The number of fused-ring (bicyclic) bond motifs is 1. The highest BCUT2D eigenvalue weighted by Crippen LogP contribution is 2.39. The number of hydrogen-bond donors (Lipinski definition) is 0. The number of benzene rings is 2. The Morgan fingerprint density at radius 3 is 2.50 bits per heavy atom. The summed E-state index contributed by atoms with van der Waals surface area (Å²) in [6.07, 6.45) is -4.80. The molecule has 2 aromatic carbocycles. The molecule has 0 atom stereocenters. The maximum absolute atomic E-state index is 13.3. The van der Waals surface area contributed by atoms with Crippen LogP contribution in [0, 0.1) is 10.1 Å². The van der Waals surface area contributed by atoms with Crippen molar-refractivity contribution < 1.29 is 22.8 Å². The molecule has 7 nitrogen and oxygen atoms in total. The first-order valence-electron chi connectivity index (χ1n) is 7.72. The van der Waals surface area contributed by atoms with Gasteiger partial charge in [0.05, 0.1) is 23.6 Å². The zero-order valence-corrected chi connectivity index (χ0v) is 15.2. The van der Waals surface area contributed by atoms with Crippen LogP contribution in [-0.4, -0.2) is 29.0 Å². The summed E-state index contributed by atoms with van der Waals surface area (Å²) in [6, 6.07) is 8.12. The van der Waals surface area contributed by atoms with Crippen molar-refractivity contribution >= 4 is 39.7 Å². The Morgan fingerprint density at radius 1 is 1.18 bits per heavy atom. The van der Waals surface area contributed by atoms with E-state index in [9.17, 15) is 23.3 Å². The highest BCUT2D eigenvalue weighted by molar-refractivity contribution is 6.31. The summed E-state index contributed by atoms with van der Waals surface area (Å²) in [7, 11) is 2.72. The van der Waals surface area contributed by atoms with Crippen LogP contribution in [0.4, 0.5) is 30.4 Å². The summed E-state index contributed by atoms with van der Waals surface area (Å²) < 4.78 is 44.7. The summed E-state index contributed by atoms with van der Waals surface area (Å²) in [5, 5.41) is 11.9. The van der Waals surface area contributed by atoms with Crippen molar-refractivity contribution in [3.8, 4) is 5.75 Å². The Labute approximate surface area is 161 Å². The third kappa shape index (κ3) is 3.63. The molecule has 0 aliphatic carbocycles. The van der Waals surface area contributed by atoms with Gasteiger partial charge < -0.3 is 9.64 Å². The molecule has 0 saturated carbocycles. The van der Waals surface area contributed by atoms with Gasteiger partial charge in [-0.05, 0) is 30.3 Å². The van der Waals surface area contributed by atoms with Gasteiger partial charge in [-0.3, -0.25) is 10.1 Å². The number of methoxy groups -OCH3 is 1. The SMILES string of the molecule is COc1ccc(N(C)c2nc(C(F)(F)F)nc3ccc(Cl)cc23)c([N+](=O)[O-])c1. The molecule has 0 unspecified atom stereocenters. The molecule has 28 heavy (non-hydrogen) atoms. The minimum atomic E-state index is -4.80. The lowest BCUT2D eigenvalue weighted by Crippen LogP contribution is -2.18. The topological polar surface area (TPSA) is 81.4 Å². The van der Waals surface area contributed by atoms with E-state index >= 15 is 0 Å². The molecule has 1 heterocycles. The van der Waals surface area contributed by atoms with Crippen LogP contribution in [0.15, 0.2) is 36.4 Å². The van der Waals surface area contributed by atoms with Gasteiger partial charge in [-0.25, -0.2) is 9.97 Å². The Morgan fingerprint density at radius 2 is 1.89 bits per heavy atom. The average molecular weight is 413 g/mol. The van der Waals surface area contributed by atoms with Crippen molar-refractivity contribution in [3.05, 3.63) is 57.4 Å². The molecule has 1 aromatic heterocycles. The predicted octanol–water partition coefficient (Wildman–Crippen LogP) is 4.99. The largest absolute Gasteiger partial charge is 0.496 e. The molecule has 0 aliphatic heterocycles. The smallest absolute Gasteiger partial charge is 0.451 e. The van der Waals surface area contributed by atoms with Crippen LogP contribution in [-0.2, 0) is 6.18 Å². The third-order valence-electron chi connectivity index (χ3n) is 3.95. The van der Waals surface area contributed by atoms with Gasteiger partial charge in [0, 0.05) is 17.5 Å². The second kappa shape index (κ2) is 7.12. The number of anilines is 2. The monoisotopic (exact) mass is 412 g/mol. The van der Waals surface area contributed by atoms with Crippen LogP contribution in [0.2, 0.25) is 5.02 Å². The van der Waals surface area contributed by atoms with E-state index in [4.69, 9.17) is 16.3 Å². The lowest BCUT2D eigenvalue weighted by Gasteiger charge is -2.21. The second-order valence-corrected chi connectivity index (χ2v) is 6.14. The van der Waals surface area contributed by atoms with Crippen molar-refractivity contribution in [2.24, 2.45) is 0 Å². The molecule has 0 bridgehead atoms. The van der Waals surface area contributed by atoms with Crippen LogP contribution in [0.25, 0.3) is 10.9 Å². The zero-order chi connectivity index (χ0) is 20.6. The van der Waals surface area contributed by atoms with Crippen molar-refractivity contribution in [1.82, 2.24) is 9.97 Å². The minimum absolute atomic E-state index is 0.00439. The van der Waals surface area contributed by atoms with Crippen LogP contribution in [0.3, 0.4) is 0 Å². The summed E-state index contributed by atoms with van der Waals surface area (Å²) in [4.78, 5) is 19.1. The van der Waals surface area contributed by atoms with Crippen LogP contribution in [0.1, 0.15) is 5.82 Å². The molecule has 3 aromatic rings. The normalized spacial score (nSPS) is 11.5. The number of nitro benzene ring substituents is 1. The molecule has 0 aliphatic rings. The van der Waals surface area contributed by atoms with Gasteiger partial charge in [0.2, 0.25) is 5.82 Å². The number of nitrogens with zero attached hydrogens (tertiary/aromatic N) is 4. The van der Waals surface area contributed by atoms with Crippen molar-refractivity contribution in [3.63, 3.8) is 0 Å². The number of ether oxygens (including phenoxy) is 1. The van der Waals surface area contributed by atoms with E-state index in [-0.39, 0.29) is 38.9 Å². The molecular weight excluding hydrogens is 401 g/mol. The minimum Gasteiger partial charge on any atom is -0.496 e. The fourth-order valence-electron chi connectivity index (χ4n) is 2.64. The maximum Gasteiger partial charge on any atom is 0.451 e. The van der Waals surface area contributed by atoms with E-state index in [0.717, 1.165) is 0 Å². The van der Waals surface area contributed by atoms with Crippen LogP contribution < -0.4 is 9.64 Å². The Kier molecular flexibility index (Phi) is 4.99.